The van der Waals surface area contributed by atoms with Gasteiger partial charge in [-0.15, -0.1) is 0 Å². The van der Waals surface area contributed by atoms with E-state index in [-0.39, 0.29) is 18.0 Å². The van der Waals surface area contributed by atoms with Crippen LogP contribution in [0.25, 0.3) is 16.9 Å². The number of amides is 2. The minimum atomic E-state index is -0.768. The van der Waals surface area contributed by atoms with Crippen LogP contribution in [0.3, 0.4) is 0 Å². The van der Waals surface area contributed by atoms with Gasteiger partial charge in [0.05, 0.1) is 16.3 Å². The fraction of sp³-hybridized carbons (Fsp3) is 0.214. The van der Waals surface area contributed by atoms with Crippen LogP contribution in [0.15, 0.2) is 85.2 Å². The molecule has 4 rings (SSSR count). The molecule has 4 aromatic rings. The van der Waals surface area contributed by atoms with Crippen molar-refractivity contribution in [2.45, 2.75) is 38.1 Å². The third kappa shape index (κ3) is 6.88. The molecule has 10 heteroatoms. The average Bonchev–Trinajstić information content (AvgIpc) is 3.36. The van der Waals surface area contributed by atoms with E-state index in [1.165, 1.54) is 12.1 Å². The molecule has 0 aliphatic heterocycles. The van der Waals surface area contributed by atoms with Crippen molar-refractivity contribution in [3.63, 3.8) is 0 Å². The zero-order valence-corrected chi connectivity index (χ0v) is 20.7. The molecule has 2 amide bonds. The van der Waals surface area contributed by atoms with E-state index in [9.17, 15) is 19.7 Å². The monoisotopic (exact) mass is 512 g/mol. The van der Waals surface area contributed by atoms with Crippen molar-refractivity contribution in [2.75, 3.05) is 0 Å². The maximum Gasteiger partial charge on any atom is 0.269 e. The summed E-state index contributed by atoms with van der Waals surface area (Å²) in [6.07, 6.45) is 5.91. The predicted molar refractivity (Wildman–Crippen MR) is 142 cm³/mol. The molecule has 0 bridgehead atoms. The number of benzene rings is 2. The summed E-state index contributed by atoms with van der Waals surface area (Å²) in [4.78, 5) is 39.2. The highest BCUT2D eigenvalue weighted by Gasteiger charge is 2.19. The number of carbonyl (C=O) groups is 2. The van der Waals surface area contributed by atoms with Crippen molar-refractivity contribution in [2.24, 2.45) is 5.73 Å². The first kappa shape index (κ1) is 26.2. The largest absolute Gasteiger partial charge is 0.368 e. The van der Waals surface area contributed by atoms with Crippen molar-refractivity contribution in [1.29, 1.82) is 0 Å². The lowest BCUT2D eigenvalue weighted by molar-refractivity contribution is -0.384. The van der Waals surface area contributed by atoms with E-state index in [2.05, 4.69) is 10.3 Å². The molecule has 38 heavy (non-hydrogen) atoms. The minimum absolute atomic E-state index is 0.00230. The Morgan fingerprint density at radius 1 is 1.03 bits per heavy atom. The molecule has 2 aromatic heterocycles. The van der Waals surface area contributed by atoms with Gasteiger partial charge in [-0.3, -0.25) is 24.7 Å². The molecule has 10 nitrogen and oxygen atoms in total. The summed E-state index contributed by atoms with van der Waals surface area (Å²) in [5.74, 6) is -0.804. The maximum atomic E-state index is 12.5. The molecule has 0 aliphatic carbocycles. The number of aryl methyl sites for hydroxylation is 1. The van der Waals surface area contributed by atoms with Crippen LogP contribution in [0.1, 0.15) is 30.5 Å². The fourth-order valence-corrected chi connectivity index (χ4v) is 4.12. The number of nitrogens with zero attached hydrogens (tertiary/aromatic N) is 4. The van der Waals surface area contributed by atoms with E-state index in [1.54, 1.807) is 29.2 Å². The van der Waals surface area contributed by atoms with Gasteiger partial charge < -0.3 is 11.1 Å². The van der Waals surface area contributed by atoms with E-state index in [0.29, 0.717) is 31.4 Å². The Bertz CT molecular complexity index is 1390. The minimum Gasteiger partial charge on any atom is -0.368 e. The summed E-state index contributed by atoms with van der Waals surface area (Å²) in [5, 5.41) is 18.5. The van der Waals surface area contributed by atoms with Gasteiger partial charge in [-0.25, -0.2) is 4.68 Å². The molecule has 0 saturated carbocycles. The number of hydrogen-bond donors (Lipinski definition) is 2. The number of carbonyl (C=O) groups excluding carboxylic acids is 2. The number of unbranched alkanes of at least 4 members (excludes halogenated alkanes) is 1. The highest BCUT2D eigenvalue weighted by molar-refractivity contribution is 5.86. The van der Waals surface area contributed by atoms with Crippen molar-refractivity contribution in [3.05, 3.63) is 107 Å². The first-order valence-electron chi connectivity index (χ1n) is 12.3. The van der Waals surface area contributed by atoms with Crippen LogP contribution in [-0.2, 0) is 22.4 Å². The second kappa shape index (κ2) is 12.4. The highest BCUT2D eigenvalue weighted by Crippen LogP contribution is 2.24. The lowest BCUT2D eigenvalue weighted by Crippen LogP contribution is -2.45. The summed E-state index contributed by atoms with van der Waals surface area (Å²) >= 11 is 0. The Balaban J connectivity index is 1.40. The third-order valence-electron chi connectivity index (χ3n) is 6.09. The van der Waals surface area contributed by atoms with E-state index < -0.39 is 16.9 Å². The maximum absolute atomic E-state index is 12.5. The number of pyridine rings is 1. The number of nitro groups is 1. The van der Waals surface area contributed by atoms with Gasteiger partial charge in [0.15, 0.2) is 0 Å². The van der Waals surface area contributed by atoms with E-state index in [1.807, 2.05) is 48.5 Å². The number of aromatic nitrogens is 3. The average molecular weight is 513 g/mol. The van der Waals surface area contributed by atoms with Crippen LogP contribution in [0.4, 0.5) is 5.69 Å². The molecule has 3 N–H and O–H groups in total. The first-order valence-corrected chi connectivity index (χ1v) is 12.3. The van der Waals surface area contributed by atoms with E-state index in [0.717, 1.165) is 22.5 Å². The lowest BCUT2D eigenvalue weighted by atomic mass is 10.0. The standard InChI is InChI=1S/C28H28N6O4/c29-28(36)26(17-20-7-2-1-3-8-20)31-27(35)11-5-4-10-24-18-25(21-9-6-16-30-19-21)32-33(24)22-12-14-23(15-13-22)34(37)38/h1-3,6-9,12-16,18-19,26H,4-5,10-11,17H2,(H2,29,36)(H,31,35). The molecule has 2 aromatic carbocycles. The normalized spacial score (nSPS) is 11.6. The summed E-state index contributed by atoms with van der Waals surface area (Å²) in [7, 11) is 0. The van der Waals surface area contributed by atoms with Gasteiger partial charge in [0.25, 0.3) is 5.69 Å². The Kier molecular flexibility index (Phi) is 8.55. The Morgan fingerprint density at radius 2 is 1.79 bits per heavy atom. The molecule has 0 aliphatic rings. The lowest BCUT2D eigenvalue weighted by Gasteiger charge is -2.15. The van der Waals surface area contributed by atoms with Crippen LogP contribution >= 0.6 is 0 Å². The van der Waals surface area contributed by atoms with Crippen molar-refractivity contribution in [3.8, 4) is 16.9 Å². The van der Waals surface area contributed by atoms with Crippen LogP contribution in [0.2, 0.25) is 0 Å². The van der Waals surface area contributed by atoms with Crippen LogP contribution in [0, 0.1) is 10.1 Å². The van der Waals surface area contributed by atoms with Crippen molar-refractivity contribution >= 4 is 17.5 Å². The van der Waals surface area contributed by atoms with Gasteiger partial charge in [-0.05, 0) is 55.2 Å². The van der Waals surface area contributed by atoms with Gasteiger partial charge in [-0.1, -0.05) is 30.3 Å². The van der Waals surface area contributed by atoms with Crippen LogP contribution < -0.4 is 11.1 Å². The fourth-order valence-electron chi connectivity index (χ4n) is 4.12. The van der Waals surface area contributed by atoms with E-state index in [4.69, 9.17) is 10.8 Å². The second-order valence-corrected chi connectivity index (χ2v) is 8.87. The predicted octanol–water partition coefficient (Wildman–Crippen LogP) is 3.77. The molecule has 2 heterocycles. The number of nitro benzene ring substituents is 1. The number of rotatable bonds is 12. The topological polar surface area (TPSA) is 146 Å². The van der Waals surface area contributed by atoms with Gasteiger partial charge >= 0.3 is 0 Å². The molecule has 1 atom stereocenters. The van der Waals surface area contributed by atoms with Crippen LogP contribution in [-0.4, -0.2) is 37.5 Å². The smallest absolute Gasteiger partial charge is 0.269 e. The molecular weight excluding hydrogens is 484 g/mol. The number of nitrogens with one attached hydrogen (secondary N) is 1. The zero-order valence-electron chi connectivity index (χ0n) is 20.7. The molecule has 1 unspecified atom stereocenters. The number of primary amides is 1. The Morgan fingerprint density at radius 3 is 2.45 bits per heavy atom. The summed E-state index contributed by atoms with van der Waals surface area (Å²) in [5.41, 5.74) is 9.61. The van der Waals surface area contributed by atoms with Gasteiger partial charge in [0.2, 0.25) is 11.8 Å². The molecule has 0 radical (unpaired) electrons. The molecule has 0 fully saturated rings. The van der Waals surface area contributed by atoms with Gasteiger partial charge in [-0.2, -0.15) is 5.10 Å². The summed E-state index contributed by atoms with van der Waals surface area (Å²) < 4.78 is 1.76. The summed E-state index contributed by atoms with van der Waals surface area (Å²) in [6.45, 7) is 0. The molecule has 194 valence electrons. The van der Waals surface area contributed by atoms with Crippen molar-refractivity contribution < 1.29 is 14.5 Å². The quantitative estimate of drug-likeness (QED) is 0.168. The second-order valence-electron chi connectivity index (χ2n) is 8.87. The Hall–Kier alpha value is -4.86. The highest BCUT2D eigenvalue weighted by atomic mass is 16.6. The molecule has 0 saturated heterocycles. The zero-order chi connectivity index (χ0) is 26.9. The number of nitrogens with two attached hydrogens (primary N) is 1. The number of non-ortho nitro benzene ring substituents is 1. The summed E-state index contributed by atoms with van der Waals surface area (Å²) in [6, 6.07) is 20.5. The Labute approximate surface area is 219 Å². The third-order valence-corrected chi connectivity index (χ3v) is 6.09. The number of hydrogen-bond acceptors (Lipinski definition) is 6. The van der Waals surface area contributed by atoms with Crippen molar-refractivity contribution in [1.82, 2.24) is 20.1 Å². The molecular formula is C28H28N6O4. The first-order chi connectivity index (χ1) is 18.4. The molecule has 0 spiro atoms. The SMILES string of the molecule is NC(=O)C(Cc1ccccc1)NC(=O)CCCCc1cc(-c2cccnc2)nn1-c1ccc([N+](=O)[O-])cc1. The van der Waals surface area contributed by atoms with E-state index >= 15 is 0 Å². The van der Waals surface area contributed by atoms with Gasteiger partial charge in [0.1, 0.15) is 6.04 Å². The van der Waals surface area contributed by atoms with Gasteiger partial charge in [0, 0.05) is 48.6 Å². The van der Waals surface area contributed by atoms with Crippen LogP contribution in [0.5, 0.6) is 0 Å².